The number of rotatable bonds is 66. The van der Waals surface area contributed by atoms with Gasteiger partial charge in [0, 0.05) is 25.7 Å². The first-order chi connectivity index (χ1) is 42.8. The molecule has 0 fully saturated rings. The first-order valence-electron chi connectivity index (χ1n) is 35.7. The number of unbranched alkanes of at least 4 members (excludes halogenated alkanes) is 30. The number of allylic oxidation sites excluding steroid dienone is 4. The van der Waals surface area contributed by atoms with E-state index in [4.69, 9.17) is 37.0 Å². The number of carbonyl (C=O) groups is 4. The quantitative estimate of drug-likeness (QED) is 0.0169. The van der Waals surface area contributed by atoms with Gasteiger partial charge in [-0.2, -0.15) is 0 Å². The lowest BCUT2D eigenvalue weighted by atomic mass is 9.99. The summed E-state index contributed by atoms with van der Waals surface area (Å²) in [6.45, 7) is 11.7. The summed E-state index contributed by atoms with van der Waals surface area (Å²) in [6, 6.07) is 0. The molecular formula is C70H132O17P2. The molecule has 4 unspecified atom stereocenters. The van der Waals surface area contributed by atoms with Crippen molar-refractivity contribution in [3.05, 3.63) is 24.3 Å². The zero-order valence-electron chi connectivity index (χ0n) is 57.4. The Morgan fingerprint density at radius 3 is 1.00 bits per heavy atom. The Labute approximate surface area is 542 Å². The number of hydrogen-bond acceptors (Lipinski definition) is 15. The lowest BCUT2D eigenvalue weighted by Crippen LogP contribution is -2.30. The van der Waals surface area contributed by atoms with Crippen LogP contribution >= 0.6 is 15.6 Å². The Morgan fingerprint density at radius 1 is 0.371 bits per heavy atom. The van der Waals surface area contributed by atoms with Crippen LogP contribution in [0.4, 0.5) is 0 Å². The number of aliphatic hydroxyl groups excluding tert-OH is 1. The Bertz CT molecular complexity index is 1840. The van der Waals surface area contributed by atoms with Gasteiger partial charge in [0.15, 0.2) is 12.2 Å². The number of carbonyl (C=O) groups excluding carboxylic acids is 4. The molecule has 0 aliphatic rings. The molecule has 0 bridgehead atoms. The third-order valence-corrected chi connectivity index (χ3v) is 17.8. The maximum Gasteiger partial charge on any atom is 0.472 e. The van der Waals surface area contributed by atoms with Gasteiger partial charge >= 0.3 is 39.5 Å². The SMILES string of the molecule is CCCCCC/C=C\C=C/CCCCCCCC(=O)OC[C@H](COP(=O)(O)OCC(O)COP(=O)(O)OC[C@@H](COC(=O)CCCCCCCCCCC(C)C)OC(=O)CCCCCCCCCCC(C)CC)OC(=O)CCCCCCCCCCC(C)C. The Hall–Kier alpha value is -2.46. The molecule has 19 heteroatoms. The first kappa shape index (κ1) is 86.5. The van der Waals surface area contributed by atoms with Crippen molar-refractivity contribution >= 4 is 39.5 Å². The van der Waals surface area contributed by atoms with Crippen LogP contribution < -0.4 is 0 Å². The molecule has 0 amide bonds. The Morgan fingerprint density at radius 2 is 0.663 bits per heavy atom. The van der Waals surface area contributed by atoms with E-state index in [1.54, 1.807) is 0 Å². The molecule has 0 saturated carbocycles. The number of phosphoric ester groups is 2. The highest BCUT2D eigenvalue weighted by Gasteiger charge is 2.30. The standard InChI is InChI=1S/C70H132O17P2/c1-8-10-11-12-13-14-15-16-17-18-19-20-30-37-44-51-67(72)80-57-65(86-69(74)53-46-39-32-25-22-28-35-42-49-62(5)6)59-84-88(76,77)82-55-64(71)56-83-89(78,79)85-60-66(58-81-68(73)52-45-38-31-24-21-27-34-41-48-61(3)4)87-70(75)54-47-40-33-26-23-29-36-43-50-63(7)9-2/h14-17,61-66,71H,8-13,18-60H2,1-7H3,(H,76,77)(H,78,79)/b15-14-,17-16-/t63?,64?,65-,66-/m1/s1. The van der Waals surface area contributed by atoms with Crippen LogP contribution in [0.3, 0.4) is 0 Å². The van der Waals surface area contributed by atoms with Crippen LogP contribution in [-0.4, -0.2) is 96.7 Å². The van der Waals surface area contributed by atoms with Crippen molar-refractivity contribution < 1.29 is 80.2 Å². The molecule has 17 nitrogen and oxygen atoms in total. The predicted octanol–water partition coefficient (Wildman–Crippen LogP) is 19.4. The van der Waals surface area contributed by atoms with Crippen molar-refractivity contribution in [3.8, 4) is 0 Å². The van der Waals surface area contributed by atoms with Gasteiger partial charge in [0.2, 0.25) is 0 Å². The summed E-state index contributed by atoms with van der Waals surface area (Å²) in [5.41, 5.74) is 0. The minimum absolute atomic E-state index is 0.0971. The molecule has 3 N–H and O–H groups in total. The van der Waals surface area contributed by atoms with E-state index in [0.717, 1.165) is 121 Å². The zero-order valence-corrected chi connectivity index (χ0v) is 59.2. The van der Waals surface area contributed by atoms with Crippen molar-refractivity contribution in [2.45, 2.75) is 343 Å². The average Bonchev–Trinajstić information content (AvgIpc) is 3.64. The van der Waals surface area contributed by atoms with E-state index in [0.29, 0.717) is 31.6 Å². The van der Waals surface area contributed by atoms with E-state index in [9.17, 15) is 43.2 Å². The maximum atomic E-state index is 13.0. The zero-order chi connectivity index (χ0) is 65.9. The number of phosphoric acid groups is 2. The average molecular weight is 1310 g/mol. The normalized spacial score (nSPS) is 14.7. The van der Waals surface area contributed by atoms with Gasteiger partial charge in [-0.15, -0.1) is 0 Å². The second-order valence-corrected chi connectivity index (χ2v) is 28.7. The molecule has 0 heterocycles. The van der Waals surface area contributed by atoms with Crippen LogP contribution in [0.1, 0.15) is 325 Å². The molecule has 0 aliphatic carbocycles. The van der Waals surface area contributed by atoms with Gasteiger partial charge in [-0.25, -0.2) is 9.13 Å². The summed E-state index contributed by atoms with van der Waals surface area (Å²) < 4.78 is 68.2. The van der Waals surface area contributed by atoms with Gasteiger partial charge in [0.25, 0.3) is 0 Å². The monoisotopic (exact) mass is 1310 g/mol. The fourth-order valence-electron chi connectivity index (χ4n) is 9.97. The van der Waals surface area contributed by atoms with E-state index in [1.165, 1.54) is 116 Å². The molecule has 0 aliphatic heterocycles. The molecule has 89 heavy (non-hydrogen) atoms. The lowest BCUT2D eigenvalue weighted by molar-refractivity contribution is -0.161. The van der Waals surface area contributed by atoms with Crippen LogP contribution in [0.15, 0.2) is 24.3 Å². The molecule has 0 aromatic heterocycles. The van der Waals surface area contributed by atoms with Crippen molar-refractivity contribution in [1.29, 1.82) is 0 Å². The summed E-state index contributed by atoms with van der Waals surface area (Å²) in [5.74, 6) is 0.0472. The van der Waals surface area contributed by atoms with Gasteiger partial charge in [-0.05, 0) is 69.1 Å². The predicted molar refractivity (Wildman–Crippen MR) is 358 cm³/mol. The topological polar surface area (TPSA) is 237 Å². The highest BCUT2D eigenvalue weighted by Crippen LogP contribution is 2.45. The number of esters is 4. The van der Waals surface area contributed by atoms with E-state index in [1.807, 2.05) is 0 Å². The Balaban J connectivity index is 5.29. The van der Waals surface area contributed by atoms with Crippen molar-refractivity contribution in [2.24, 2.45) is 17.8 Å². The molecule has 0 aromatic rings. The molecule has 6 atom stereocenters. The molecular weight excluding hydrogens is 1170 g/mol. The molecule has 0 rings (SSSR count). The van der Waals surface area contributed by atoms with Crippen LogP contribution in [0.25, 0.3) is 0 Å². The number of hydrogen-bond donors (Lipinski definition) is 3. The third kappa shape index (κ3) is 62.7. The summed E-state index contributed by atoms with van der Waals surface area (Å²) in [5, 5.41) is 10.6. The number of ether oxygens (including phenoxy) is 4. The van der Waals surface area contributed by atoms with Gasteiger partial charge in [-0.1, -0.05) is 272 Å². The van der Waals surface area contributed by atoms with E-state index in [2.05, 4.69) is 72.8 Å². The summed E-state index contributed by atoms with van der Waals surface area (Å²) in [7, 11) is -9.91. The van der Waals surface area contributed by atoms with Crippen LogP contribution in [0, 0.1) is 17.8 Å². The highest BCUT2D eigenvalue weighted by molar-refractivity contribution is 7.47. The molecule has 0 spiro atoms. The maximum absolute atomic E-state index is 13.0. The lowest BCUT2D eigenvalue weighted by Gasteiger charge is -2.21. The van der Waals surface area contributed by atoms with E-state index < -0.39 is 97.5 Å². The van der Waals surface area contributed by atoms with Gasteiger partial charge in [-0.3, -0.25) is 37.3 Å². The van der Waals surface area contributed by atoms with Crippen LogP contribution in [0.5, 0.6) is 0 Å². The second-order valence-electron chi connectivity index (χ2n) is 25.8. The van der Waals surface area contributed by atoms with Crippen molar-refractivity contribution in [3.63, 3.8) is 0 Å². The summed E-state index contributed by atoms with van der Waals surface area (Å²) in [4.78, 5) is 72.5. The molecule has 0 radical (unpaired) electrons. The minimum atomic E-state index is -4.96. The minimum Gasteiger partial charge on any atom is -0.462 e. The highest BCUT2D eigenvalue weighted by atomic mass is 31.2. The van der Waals surface area contributed by atoms with Gasteiger partial charge < -0.3 is 33.8 Å². The van der Waals surface area contributed by atoms with Crippen LogP contribution in [0.2, 0.25) is 0 Å². The van der Waals surface area contributed by atoms with Gasteiger partial charge in [0.1, 0.15) is 19.3 Å². The van der Waals surface area contributed by atoms with Gasteiger partial charge in [0.05, 0.1) is 26.4 Å². The Kier molecular flexibility index (Phi) is 58.8. The van der Waals surface area contributed by atoms with E-state index >= 15 is 0 Å². The summed E-state index contributed by atoms with van der Waals surface area (Å²) >= 11 is 0. The fraction of sp³-hybridized carbons (Fsp3) is 0.886. The first-order valence-corrected chi connectivity index (χ1v) is 38.7. The van der Waals surface area contributed by atoms with E-state index in [-0.39, 0.29) is 25.7 Å². The smallest absolute Gasteiger partial charge is 0.462 e. The van der Waals surface area contributed by atoms with Crippen LogP contribution in [-0.2, 0) is 65.4 Å². The third-order valence-electron chi connectivity index (χ3n) is 15.9. The fourth-order valence-corrected chi connectivity index (χ4v) is 11.5. The molecule has 0 aromatic carbocycles. The number of aliphatic hydroxyl groups is 1. The van der Waals surface area contributed by atoms with Crippen molar-refractivity contribution in [1.82, 2.24) is 0 Å². The second kappa shape index (κ2) is 60.5. The largest absolute Gasteiger partial charge is 0.472 e. The van der Waals surface area contributed by atoms with Crippen molar-refractivity contribution in [2.75, 3.05) is 39.6 Å². The molecule has 0 saturated heterocycles. The summed E-state index contributed by atoms with van der Waals surface area (Å²) in [6.07, 6.45) is 46.7. The molecule has 524 valence electrons.